The smallest absolute Gasteiger partial charge is 0.243 e. The summed E-state index contributed by atoms with van der Waals surface area (Å²) in [5.74, 6) is 1.35. The number of carbonyl (C=O) groups is 1. The average molecular weight is 1700 g/mol. The lowest BCUT2D eigenvalue weighted by Crippen LogP contribution is -2.47. The molecule has 0 bridgehead atoms. The Morgan fingerprint density at radius 2 is 0.950 bits per heavy atom. The van der Waals surface area contributed by atoms with Gasteiger partial charge < -0.3 is 24.3 Å². The summed E-state index contributed by atoms with van der Waals surface area (Å²) < 4.78 is 104. The summed E-state index contributed by atoms with van der Waals surface area (Å²) in [4.78, 5) is 21.8. The number of halogens is 2. The molecule has 2 aliphatic rings. The first-order valence-electron chi connectivity index (χ1n) is 39.7. The highest BCUT2D eigenvalue weighted by molar-refractivity contribution is 7.90. The van der Waals surface area contributed by atoms with Gasteiger partial charge in [-0.3, -0.25) is 9.78 Å². The van der Waals surface area contributed by atoms with Gasteiger partial charge in [-0.15, -0.1) is 0 Å². The Labute approximate surface area is 720 Å². The minimum Gasteiger partial charge on any atom is -0.493 e. The average Bonchev–Trinajstić information content (AvgIpc) is 0.868. The number of fused-ring (bicyclic) bond motifs is 1. The van der Waals surface area contributed by atoms with Gasteiger partial charge in [0.2, 0.25) is 41.9 Å². The number of anilines is 1. The molecule has 2 aliphatic heterocycles. The summed E-state index contributed by atoms with van der Waals surface area (Å²) in [5, 5.41) is 2.90. The van der Waals surface area contributed by atoms with Crippen molar-refractivity contribution in [2.24, 2.45) is 0 Å². The number of ether oxygens (including phenoxy) is 2. The van der Waals surface area contributed by atoms with Crippen molar-refractivity contribution in [3.63, 3.8) is 0 Å². The summed E-state index contributed by atoms with van der Waals surface area (Å²) >= 11 is 5.44. The van der Waals surface area contributed by atoms with Gasteiger partial charge in [0.25, 0.3) is 0 Å². The number of benzene rings is 9. The third-order valence-electron chi connectivity index (χ3n) is 18.2. The Hall–Kier alpha value is -10.9. The highest BCUT2D eigenvalue weighted by atomic mass is 35.5. The minimum atomic E-state index is -3.42. The van der Waals surface area contributed by atoms with Gasteiger partial charge in [0.1, 0.15) is 11.6 Å². The van der Waals surface area contributed by atoms with Crippen molar-refractivity contribution >= 4 is 53.3 Å². The standard InChI is InChI=1S/C14H20N2O2S.C14H18N2O2S.C14H16N2O2S.C9H11NO.C9H10O.3C8H10.C7H6ClF.C7H9NO/c1-12(2)15-8-10-16(11-9-15)19(17,18)14-6-4-13(3)5-7-14;1-13-5-7-14(8-6-13)19(17,18)15-9-4-12-16-10-2-3-11-16;1-12-5-7-14(8-6-12)19(17,18)16-11-9-13-4-2-3-10-15-13;1-7-4-3-5-9(6-7)10-8(2)11;1-7-2-3-9-8(6-7)4-5-10-9;1-7-3-5-8(2)6-4-7;1-7-4-3-5-8(2)6-7;1-7-5-3-4-6-8(7)2;1-5-2-3-7(9)6(8)4-5;1-6-3-4-7(9-2)8-5-6/h4-7H,1,8-11H2,2-3H3;2-3,5-8,10-11,15H,4,9,12H2,1H3;2-8,10,16H,9,11H2,1H3;3-6H,1-2H3,(H,10,11);2-3,6H,4-5H2,1H3;3*3-6H,1-2H3;2-4H,1H3;3-5H,1-2H3. The second kappa shape index (κ2) is 52.2. The molecule has 1 amide bonds. The van der Waals surface area contributed by atoms with Crippen LogP contribution in [0.4, 0.5) is 10.1 Å². The van der Waals surface area contributed by atoms with Gasteiger partial charge in [-0.25, -0.2) is 44.1 Å². The number of amides is 1. The molecule has 0 aliphatic carbocycles. The molecule has 1 fully saturated rings. The van der Waals surface area contributed by atoms with Crippen LogP contribution in [-0.2, 0) is 54.3 Å². The predicted octanol–water partition coefficient (Wildman–Crippen LogP) is 20.9. The summed E-state index contributed by atoms with van der Waals surface area (Å²) in [6.45, 7) is 38.6. The number of hydrogen-bond donors (Lipinski definition) is 3. The molecule has 0 saturated carbocycles. The predicted molar refractivity (Wildman–Crippen MR) is 491 cm³/mol. The van der Waals surface area contributed by atoms with E-state index in [9.17, 15) is 34.4 Å². The molecule has 17 nitrogen and oxygen atoms in total. The fourth-order valence-corrected chi connectivity index (χ4v) is 14.9. The van der Waals surface area contributed by atoms with Gasteiger partial charge >= 0.3 is 0 Å². The Kier molecular flexibility index (Phi) is 43.4. The highest BCUT2D eigenvalue weighted by Gasteiger charge is 2.28. The fourth-order valence-electron chi connectivity index (χ4n) is 11.1. The molecule has 0 radical (unpaired) electrons. The molecule has 638 valence electrons. The number of aryl methyl sites for hydroxylation is 14. The van der Waals surface area contributed by atoms with Crippen LogP contribution in [-0.4, -0.2) is 108 Å². The lowest BCUT2D eigenvalue weighted by atomic mass is 10.1. The molecule has 14 rings (SSSR count). The van der Waals surface area contributed by atoms with E-state index in [0.29, 0.717) is 66.3 Å². The molecule has 3 N–H and O–H groups in total. The number of aromatic nitrogens is 3. The summed E-state index contributed by atoms with van der Waals surface area (Å²) in [6, 6.07) is 77.9. The maximum atomic E-state index is 12.5. The molecule has 0 unspecified atom stereocenters. The SMILES string of the molecule is C=C(C)N1CCN(S(=O)(=O)c2ccc(C)cc2)CC1.CC(=O)Nc1cccc(C)c1.COc1ccc(C)cn1.Cc1ccc(C)cc1.Cc1ccc(F)c(Cl)c1.Cc1ccc(S(=O)(=O)NCCCn2cccc2)cc1.Cc1ccc(S(=O)(=O)NCCc2ccccn2)cc1.Cc1ccc2c(c1)CCO2.Cc1cccc(C)c1.Cc1ccccc1C. The topological polar surface area (TPSA) is 211 Å². The van der Waals surface area contributed by atoms with Crippen LogP contribution >= 0.6 is 11.6 Å². The molecule has 22 heteroatoms. The maximum absolute atomic E-state index is 12.5. The quantitative estimate of drug-likeness (QED) is 0.0771. The monoisotopic (exact) mass is 1700 g/mol. The molecule has 9 aromatic carbocycles. The number of sulfonamides is 3. The number of carbonyl (C=O) groups excluding carboxylic acids is 1. The van der Waals surface area contributed by atoms with Crippen LogP contribution in [0.3, 0.4) is 0 Å². The molecule has 0 atom stereocenters. The Bertz CT molecular complexity index is 5330. The summed E-state index contributed by atoms with van der Waals surface area (Å²) in [7, 11) is -8.54. The highest BCUT2D eigenvalue weighted by Crippen LogP contribution is 2.26. The van der Waals surface area contributed by atoms with E-state index in [0.717, 1.165) is 82.2 Å². The second-order valence-corrected chi connectivity index (χ2v) is 35.0. The van der Waals surface area contributed by atoms with Crippen LogP contribution in [0, 0.1) is 95.8 Å². The number of piperazine rings is 1. The first-order valence-corrected chi connectivity index (χ1v) is 44.4. The van der Waals surface area contributed by atoms with Crippen LogP contribution in [0.1, 0.15) is 104 Å². The van der Waals surface area contributed by atoms with E-state index in [2.05, 4.69) is 176 Å². The Morgan fingerprint density at radius 1 is 0.492 bits per heavy atom. The van der Waals surface area contributed by atoms with E-state index >= 15 is 0 Å². The fraction of sp³-hybridized carbons (Fsp3) is 0.276. The molecule has 0 spiro atoms. The largest absolute Gasteiger partial charge is 0.493 e. The van der Waals surface area contributed by atoms with Crippen molar-refractivity contribution in [2.75, 3.05) is 58.3 Å². The zero-order valence-corrected chi connectivity index (χ0v) is 75.6. The van der Waals surface area contributed by atoms with Crippen LogP contribution in [0.15, 0.2) is 300 Å². The number of nitrogens with one attached hydrogen (secondary N) is 3. The number of nitrogens with zero attached hydrogens (tertiary/aromatic N) is 5. The summed E-state index contributed by atoms with van der Waals surface area (Å²) in [5.41, 5.74) is 19.9. The summed E-state index contributed by atoms with van der Waals surface area (Å²) in [6.07, 6.45) is 9.83. The molecule has 120 heavy (non-hydrogen) atoms. The third-order valence-corrected chi connectivity index (χ3v) is 23.4. The van der Waals surface area contributed by atoms with Gasteiger partial charge in [0, 0.05) is 114 Å². The van der Waals surface area contributed by atoms with Gasteiger partial charge in [0.15, 0.2) is 0 Å². The van der Waals surface area contributed by atoms with Crippen molar-refractivity contribution in [1.29, 1.82) is 0 Å². The zero-order chi connectivity index (χ0) is 88.2. The van der Waals surface area contributed by atoms with E-state index in [1.165, 1.54) is 57.5 Å². The lowest BCUT2D eigenvalue weighted by Gasteiger charge is -2.35. The van der Waals surface area contributed by atoms with E-state index in [1.807, 2.05) is 144 Å². The van der Waals surface area contributed by atoms with E-state index < -0.39 is 30.1 Å². The van der Waals surface area contributed by atoms with Gasteiger partial charge in [0.05, 0.1) is 33.4 Å². The van der Waals surface area contributed by atoms with Crippen molar-refractivity contribution in [3.05, 3.63) is 380 Å². The van der Waals surface area contributed by atoms with Crippen molar-refractivity contribution in [2.45, 2.75) is 144 Å². The maximum Gasteiger partial charge on any atom is 0.243 e. The van der Waals surface area contributed by atoms with Gasteiger partial charge in [-0.05, 0) is 228 Å². The van der Waals surface area contributed by atoms with E-state index in [1.54, 1.807) is 96.6 Å². The van der Waals surface area contributed by atoms with E-state index in [-0.39, 0.29) is 16.7 Å². The molecule has 12 aromatic rings. The van der Waals surface area contributed by atoms with Crippen LogP contribution in [0.5, 0.6) is 11.6 Å². The molecule has 5 heterocycles. The number of hydrogen-bond acceptors (Lipinski definition) is 12. The second-order valence-electron chi connectivity index (χ2n) is 29.2. The van der Waals surface area contributed by atoms with Crippen molar-refractivity contribution in [3.8, 4) is 11.6 Å². The number of pyridine rings is 2. The van der Waals surface area contributed by atoms with Crippen molar-refractivity contribution < 1.29 is 43.9 Å². The van der Waals surface area contributed by atoms with Crippen LogP contribution in [0.25, 0.3) is 0 Å². The van der Waals surface area contributed by atoms with Crippen molar-refractivity contribution in [1.82, 2.24) is 33.2 Å². The third kappa shape index (κ3) is 38.9. The number of rotatable bonds is 16. The minimum absolute atomic E-state index is 0.0319. The van der Waals surface area contributed by atoms with Crippen LogP contribution < -0.4 is 24.2 Å². The van der Waals surface area contributed by atoms with Gasteiger partial charge in [-0.2, -0.15) is 4.31 Å². The molecular formula is C98H120ClFN8O9S3. The van der Waals surface area contributed by atoms with E-state index in [4.69, 9.17) is 21.1 Å². The molecule has 3 aromatic heterocycles. The van der Waals surface area contributed by atoms with Crippen LogP contribution in [0.2, 0.25) is 5.02 Å². The Balaban J connectivity index is 0.000000242. The molecular weight excluding hydrogens is 1580 g/mol. The normalized spacial score (nSPS) is 11.7. The zero-order valence-electron chi connectivity index (χ0n) is 72.4. The first-order chi connectivity index (χ1) is 57.0. The first kappa shape index (κ1) is 99.7. The number of methoxy groups -OCH3 is 1. The number of allylic oxidation sites excluding steroid dienone is 1. The Morgan fingerprint density at radius 3 is 1.39 bits per heavy atom. The lowest BCUT2D eigenvalue weighted by molar-refractivity contribution is -0.114. The van der Waals surface area contributed by atoms with Gasteiger partial charge in [-0.1, -0.05) is 214 Å². The molecule has 1 saturated heterocycles.